The van der Waals surface area contributed by atoms with Crippen LogP contribution >= 0.6 is 0 Å². The van der Waals surface area contributed by atoms with E-state index in [0.29, 0.717) is 0 Å². The molecule has 0 aliphatic rings. The Morgan fingerprint density at radius 2 is 1.33 bits per heavy atom. The van der Waals surface area contributed by atoms with Gasteiger partial charge in [-0.15, -0.1) is 0 Å². The molecule has 1 N–H and O–H groups in total. The first-order valence-corrected chi connectivity index (χ1v) is 5.82. The van der Waals surface area contributed by atoms with Gasteiger partial charge in [0.1, 0.15) is 22.9 Å². The fourth-order valence-electron chi connectivity index (χ4n) is 1.85. The summed E-state index contributed by atoms with van der Waals surface area (Å²) < 4.78 is 101. The van der Waals surface area contributed by atoms with E-state index in [1.54, 1.807) is 0 Å². The van der Waals surface area contributed by atoms with Crippen LogP contribution in [0.2, 0.25) is 0 Å². The Morgan fingerprint density at radius 1 is 0.833 bits per heavy atom. The maximum atomic E-state index is 13.5. The quantitative estimate of drug-likeness (QED) is 0.796. The van der Waals surface area contributed by atoms with Crippen molar-refractivity contribution in [3.8, 4) is 5.69 Å². The second-order valence-corrected chi connectivity index (χ2v) is 4.44. The number of rotatable bonds is 1. The number of aromatic nitrogens is 2. The molecule has 0 atom stereocenters. The Hall–Kier alpha value is -2.66. The summed E-state index contributed by atoms with van der Waals surface area (Å²) in [5.41, 5.74) is -8.35. The van der Waals surface area contributed by atoms with Crippen LogP contribution in [-0.4, -0.2) is 9.55 Å². The molecule has 2 rings (SSSR count). The van der Waals surface area contributed by atoms with Crippen molar-refractivity contribution in [2.75, 3.05) is 0 Å². The molecule has 1 aromatic heterocycles. The van der Waals surface area contributed by atoms with Crippen molar-refractivity contribution >= 4 is 0 Å². The molecule has 0 radical (unpaired) electrons. The standard InChI is InChI=1S/C12H4F8N2O2/c13-5-1-4(2-6(14)9(5)12(18,19)20)22-8(23)3-7(11(15,16)17)21-10(22)24/h1-3H,(H,21,24). The lowest BCUT2D eigenvalue weighted by molar-refractivity contribution is -0.143. The van der Waals surface area contributed by atoms with Gasteiger partial charge >= 0.3 is 18.0 Å². The number of nitrogens with zero attached hydrogens (tertiary/aromatic N) is 1. The Labute approximate surface area is 126 Å². The third kappa shape index (κ3) is 3.16. The van der Waals surface area contributed by atoms with Crippen molar-refractivity contribution in [3.63, 3.8) is 0 Å². The van der Waals surface area contributed by atoms with Gasteiger partial charge in [0.05, 0.1) is 5.69 Å². The Morgan fingerprint density at radius 3 is 1.71 bits per heavy atom. The normalized spacial score (nSPS) is 12.5. The molecular formula is C12H4F8N2O2. The molecule has 4 nitrogen and oxygen atoms in total. The second-order valence-electron chi connectivity index (χ2n) is 4.44. The van der Waals surface area contributed by atoms with Crippen molar-refractivity contribution in [2.24, 2.45) is 0 Å². The lowest BCUT2D eigenvalue weighted by Gasteiger charge is -2.12. The molecular weight excluding hydrogens is 356 g/mol. The van der Waals surface area contributed by atoms with E-state index in [1.165, 1.54) is 4.98 Å². The summed E-state index contributed by atoms with van der Waals surface area (Å²) >= 11 is 0. The minimum absolute atomic E-state index is 0.00973. The zero-order chi connectivity index (χ0) is 18.4. The molecule has 24 heavy (non-hydrogen) atoms. The van der Waals surface area contributed by atoms with Gasteiger partial charge in [0, 0.05) is 6.07 Å². The first-order chi connectivity index (χ1) is 10.8. The van der Waals surface area contributed by atoms with Gasteiger partial charge in [0.15, 0.2) is 0 Å². The molecule has 0 unspecified atom stereocenters. The minimum Gasteiger partial charge on any atom is -0.303 e. The van der Waals surface area contributed by atoms with E-state index in [9.17, 15) is 44.7 Å². The van der Waals surface area contributed by atoms with E-state index in [2.05, 4.69) is 0 Å². The first kappa shape index (κ1) is 17.7. The van der Waals surface area contributed by atoms with E-state index in [1.807, 2.05) is 0 Å². The van der Waals surface area contributed by atoms with Crippen LogP contribution in [0.1, 0.15) is 11.3 Å². The number of halogens is 8. The minimum atomic E-state index is -5.38. The predicted molar refractivity (Wildman–Crippen MR) is 62.6 cm³/mol. The van der Waals surface area contributed by atoms with Gasteiger partial charge in [-0.05, 0) is 12.1 Å². The number of hydrogen-bond donors (Lipinski definition) is 1. The first-order valence-electron chi connectivity index (χ1n) is 5.82. The summed E-state index contributed by atoms with van der Waals surface area (Å²) in [6.07, 6.45) is -10.5. The molecule has 0 aliphatic carbocycles. The largest absolute Gasteiger partial charge is 0.431 e. The van der Waals surface area contributed by atoms with Crippen LogP contribution in [-0.2, 0) is 12.4 Å². The van der Waals surface area contributed by atoms with Crippen LogP contribution in [0.15, 0.2) is 27.8 Å². The van der Waals surface area contributed by atoms with Gasteiger partial charge in [-0.3, -0.25) is 4.79 Å². The number of benzene rings is 1. The second kappa shape index (κ2) is 5.46. The van der Waals surface area contributed by atoms with Crippen LogP contribution in [0.4, 0.5) is 35.1 Å². The van der Waals surface area contributed by atoms with E-state index in [4.69, 9.17) is 0 Å². The lowest BCUT2D eigenvalue weighted by atomic mass is 10.1. The summed E-state index contributed by atoms with van der Waals surface area (Å²) in [4.78, 5) is 24.4. The average molecular weight is 360 g/mol. The molecule has 0 spiro atoms. The summed E-state index contributed by atoms with van der Waals surface area (Å²) in [5, 5.41) is 0. The number of aromatic amines is 1. The van der Waals surface area contributed by atoms with Crippen LogP contribution in [0.3, 0.4) is 0 Å². The highest BCUT2D eigenvalue weighted by Gasteiger charge is 2.38. The highest BCUT2D eigenvalue weighted by Crippen LogP contribution is 2.34. The third-order valence-electron chi connectivity index (χ3n) is 2.81. The van der Waals surface area contributed by atoms with Gasteiger partial charge < -0.3 is 4.98 Å². The SMILES string of the molecule is O=c1cc(C(F)(F)F)[nH]c(=O)n1-c1cc(F)c(C(F)(F)F)c(F)c1. The van der Waals surface area contributed by atoms with Crippen LogP contribution < -0.4 is 11.2 Å². The van der Waals surface area contributed by atoms with Crippen LogP contribution in [0, 0.1) is 11.6 Å². The molecule has 0 amide bonds. The summed E-state index contributed by atoms with van der Waals surface area (Å²) in [6.45, 7) is 0. The fourth-order valence-corrected chi connectivity index (χ4v) is 1.85. The van der Waals surface area contributed by atoms with Crippen LogP contribution in [0.25, 0.3) is 5.69 Å². The molecule has 1 heterocycles. The van der Waals surface area contributed by atoms with Crippen LogP contribution in [0.5, 0.6) is 0 Å². The van der Waals surface area contributed by atoms with Crippen molar-refractivity contribution in [2.45, 2.75) is 12.4 Å². The lowest BCUT2D eigenvalue weighted by Crippen LogP contribution is -2.36. The van der Waals surface area contributed by atoms with Crippen molar-refractivity contribution < 1.29 is 35.1 Å². The number of H-pyrrole nitrogens is 1. The highest BCUT2D eigenvalue weighted by molar-refractivity contribution is 5.38. The summed E-state index contributed by atoms with van der Waals surface area (Å²) in [6, 6.07) is -0.0551. The molecule has 1 aromatic carbocycles. The molecule has 2 aromatic rings. The highest BCUT2D eigenvalue weighted by atomic mass is 19.4. The smallest absolute Gasteiger partial charge is 0.303 e. The molecule has 130 valence electrons. The van der Waals surface area contributed by atoms with E-state index < -0.39 is 52.2 Å². The van der Waals surface area contributed by atoms with Crippen molar-refractivity contribution in [3.05, 3.63) is 61.9 Å². The van der Waals surface area contributed by atoms with Crippen molar-refractivity contribution in [1.29, 1.82) is 0 Å². The molecule has 0 saturated carbocycles. The number of alkyl halides is 6. The predicted octanol–water partition coefficient (Wildman–Crippen LogP) is 2.84. The van der Waals surface area contributed by atoms with Gasteiger partial charge in [0.25, 0.3) is 5.56 Å². The maximum absolute atomic E-state index is 13.5. The van der Waals surface area contributed by atoms with E-state index in [-0.39, 0.29) is 22.8 Å². The summed E-state index contributed by atoms with van der Waals surface area (Å²) in [5.74, 6) is -4.27. The zero-order valence-electron chi connectivity index (χ0n) is 11.0. The van der Waals surface area contributed by atoms with E-state index in [0.717, 1.165) is 0 Å². The molecule has 12 heteroatoms. The van der Waals surface area contributed by atoms with E-state index >= 15 is 0 Å². The number of nitrogens with one attached hydrogen (secondary N) is 1. The number of hydrogen-bond acceptors (Lipinski definition) is 2. The average Bonchev–Trinajstić information content (AvgIpc) is 2.33. The molecule has 0 fully saturated rings. The molecule has 0 saturated heterocycles. The molecule has 0 bridgehead atoms. The Kier molecular flexibility index (Phi) is 4.02. The fraction of sp³-hybridized carbons (Fsp3) is 0.167. The molecule has 0 aliphatic heterocycles. The van der Waals surface area contributed by atoms with Gasteiger partial charge in [-0.25, -0.2) is 18.1 Å². The Bertz CT molecular complexity index is 853. The zero-order valence-corrected chi connectivity index (χ0v) is 11.0. The van der Waals surface area contributed by atoms with Gasteiger partial charge in [-0.1, -0.05) is 0 Å². The topological polar surface area (TPSA) is 54.9 Å². The van der Waals surface area contributed by atoms with Crippen molar-refractivity contribution in [1.82, 2.24) is 9.55 Å². The third-order valence-corrected chi connectivity index (χ3v) is 2.81. The van der Waals surface area contributed by atoms with Gasteiger partial charge in [-0.2, -0.15) is 26.3 Å². The monoisotopic (exact) mass is 360 g/mol. The maximum Gasteiger partial charge on any atom is 0.431 e. The summed E-state index contributed by atoms with van der Waals surface area (Å²) in [7, 11) is 0. The van der Waals surface area contributed by atoms with Gasteiger partial charge in [0.2, 0.25) is 0 Å². The Balaban J connectivity index is 2.71.